The molecule has 0 saturated heterocycles. The van der Waals surface area contributed by atoms with Crippen molar-refractivity contribution >= 4 is 5.97 Å². The van der Waals surface area contributed by atoms with Crippen molar-refractivity contribution in [3.8, 4) is 0 Å². The smallest absolute Gasteiger partial charge is 0.305 e. The molecule has 1 aliphatic rings. The molecule has 0 unspecified atom stereocenters. The van der Waals surface area contributed by atoms with Gasteiger partial charge in [0, 0.05) is 6.42 Å². The highest BCUT2D eigenvalue weighted by Crippen LogP contribution is 2.40. The Morgan fingerprint density at radius 2 is 2.05 bits per heavy atom. The Balaban J connectivity index is 2.73. The number of carbonyl (C=O) groups excluding carboxylic acids is 1. The molecule has 0 heterocycles. The van der Waals surface area contributed by atoms with Crippen molar-refractivity contribution in [3.63, 3.8) is 0 Å². The fraction of sp³-hybridized carbons (Fsp3) is 0.850. The molecule has 0 amide bonds. The number of carbonyl (C=O) groups is 1. The van der Waals surface area contributed by atoms with E-state index in [-0.39, 0.29) is 11.4 Å². The lowest BCUT2D eigenvalue weighted by atomic mass is 9.69. The summed E-state index contributed by atoms with van der Waals surface area (Å²) < 4.78 is 4.78. The minimum Gasteiger partial charge on any atom is -0.469 e. The van der Waals surface area contributed by atoms with Crippen LogP contribution < -0.4 is 0 Å². The lowest BCUT2D eigenvalue weighted by Crippen LogP contribution is -2.27. The third-order valence-electron chi connectivity index (χ3n) is 5.75. The van der Waals surface area contributed by atoms with Crippen LogP contribution in [0.25, 0.3) is 0 Å². The first-order chi connectivity index (χ1) is 10.3. The van der Waals surface area contributed by atoms with Crippen molar-refractivity contribution in [3.05, 3.63) is 12.2 Å². The van der Waals surface area contributed by atoms with Gasteiger partial charge in [-0.2, -0.15) is 0 Å². The topological polar surface area (TPSA) is 26.3 Å². The van der Waals surface area contributed by atoms with Crippen LogP contribution in [0.5, 0.6) is 0 Å². The van der Waals surface area contributed by atoms with E-state index in [4.69, 9.17) is 4.74 Å². The van der Waals surface area contributed by atoms with E-state index in [0.29, 0.717) is 12.3 Å². The molecule has 1 saturated carbocycles. The van der Waals surface area contributed by atoms with Gasteiger partial charge in [0.2, 0.25) is 0 Å². The molecule has 2 heteroatoms. The van der Waals surface area contributed by atoms with Crippen molar-refractivity contribution in [2.45, 2.75) is 73.1 Å². The molecule has 1 rings (SSSR count). The van der Waals surface area contributed by atoms with Crippen LogP contribution >= 0.6 is 0 Å². The summed E-state index contributed by atoms with van der Waals surface area (Å²) in [6, 6.07) is 0. The quantitative estimate of drug-likeness (QED) is 0.450. The van der Waals surface area contributed by atoms with Gasteiger partial charge in [0.25, 0.3) is 0 Å². The van der Waals surface area contributed by atoms with Crippen LogP contribution in [0, 0.1) is 29.1 Å². The summed E-state index contributed by atoms with van der Waals surface area (Å²) in [6.45, 7) is 11.6. The monoisotopic (exact) mass is 308 g/mol. The Labute approximate surface area is 137 Å². The molecule has 0 aliphatic heterocycles. The highest BCUT2D eigenvalue weighted by molar-refractivity contribution is 5.69. The van der Waals surface area contributed by atoms with Crippen LogP contribution in [-0.2, 0) is 9.53 Å². The van der Waals surface area contributed by atoms with Crippen LogP contribution in [0.2, 0.25) is 0 Å². The van der Waals surface area contributed by atoms with E-state index in [0.717, 1.165) is 30.6 Å². The normalized spacial score (nSPS) is 28.8. The molecule has 0 spiro atoms. The van der Waals surface area contributed by atoms with Crippen LogP contribution in [-0.4, -0.2) is 13.1 Å². The van der Waals surface area contributed by atoms with Gasteiger partial charge in [-0.3, -0.25) is 4.79 Å². The van der Waals surface area contributed by atoms with E-state index in [1.54, 1.807) is 0 Å². The second-order valence-corrected chi connectivity index (χ2v) is 7.93. The summed E-state index contributed by atoms with van der Waals surface area (Å²) in [5.41, 5.74) is 0.108. The zero-order chi connectivity index (χ0) is 16.8. The molecular weight excluding hydrogens is 272 g/mol. The standard InChI is InChI=1S/C20H36O2/c1-7-20(5,13-11-19(21)22-6)12-10-17-14-16(4)8-9-18(17)15(2)3/h10,12,15-18H,7-9,11,13-14H2,1-6H3/t16-,17-,18+,20-/m1/s1. The second-order valence-electron chi connectivity index (χ2n) is 7.93. The molecule has 2 nitrogen and oxygen atoms in total. The first-order valence-electron chi connectivity index (χ1n) is 9.07. The number of methoxy groups -OCH3 is 1. The maximum absolute atomic E-state index is 11.4. The van der Waals surface area contributed by atoms with Crippen LogP contribution in [0.4, 0.5) is 0 Å². The highest BCUT2D eigenvalue weighted by atomic mass is 16.5. The number of esters is 1. The van der Waals surface area contributed by atoms with Crippen molar-refractivity contribution in [2.24, 2.45) is 29.1 Å². The second kappa shape index (κ2) is 8.74. The maximum Gasteiger partial charge on any atom is 0.305 e. The van der Waals surface area contributed by atoms with E-state index >= 15 is 0 Å². The predicted octanol–water partition coefficient (Wildman–Crippen LogP) is 5.62. The molecule has 4 atom stereocenters. The Morgan fingerprint density at radius 3 is 2.59 bits per heavy atom. The van der Waals surface area contributed by atoms with E-state index in [9.17, 15) is 4.79 Å². The van der Waals surface area contributed by atoms with E-state index in [2.05, 4.69) is 46.8 Å². The zero-order valence-electron chi connectivity index (χ0n) is 15.5. The molecule has 0 bridgehead atoms. The van der Waals surface area contributed by atoms with E-state index < -0.39 is 0 Å². The largest absolute Gasteiger partial charge is 0.469 e. The first kappa shape index (κ1) is 19.3. The number of ether oxygens (including phenoxy) is 1. The van der Waals surface area contributed by atoms with Crippen LogP contribution in [0.3, 0.4) is 0 Å². The molecular formula is C20H36O2. The van der Waals surface area contributed by atoms with Gasteiger partial charge in [-0.05, 0) is 54.8 Å². The minimum atomic E-state index is -0.0978. The summed E-state index contributed by atoms with van der Waals surface area (Å²) in [7, 11) is 1.47. The van der Waals surface area contributed by atoms with Gasteiger partial charge in [0.1, 0.15) is 0 Å². The van der Waals surface area contributed by atoms with E-state index in [1.807, 2.05) is 0 Å². The summed E-state index contributed by atoms with van der Waals surface area (Å²) >= 11 is 0. The SMILES string of the molecule is CC[C@](C)(C=C[C@@H]1C[C@H](C)CC[C@H]1C(C)C)CCC(=O)OC. The molecule has 0 N–H and O–H groups in total. The lowest BCUT2D eigenvalue weighted by Gasteiger charge is -2.36. The van der Waals surface area contributed by atoms with Gasteiger partial charge in [0.05, 0.1) is 7.11 Å². The zero-order valence-corrected chi connectivity index (χ0v) is 15.5. The van der Waals surface area contributed by atoms with Gasteiger partial charge >= 0.3 is 5.97 Å². The molecule has 0 radical (unpaired) electrons. The van der Waals surface area contributed by atoms with E-state index in [1.165, 1.54) is 26.4 Å². The number of rotatable bonds is 7. The average molecular weight is 309 g/mol. The number of hydrogen-bond donors (Lipinski definition) is 0. The van der Waals surface area contributed by atoms with Gasteiger partial charge in [0.15, 0.2) is 0 Å². The highest BCUT2D eigenvalue weighted by Gasteiger charge is 2.30. The molecule has 0 aromatic carbocycles. The molecule has 0 aromatic heterocycles. The van der Waals surface area contributed by atoms with Crippen LogP contribution in [0.15, 0.2) is 12.2 Å². The summed E-state index contributed by atoms with van der Waals surface area (Å²) in [4.78, 5) is 11.4. The number of hydrogen-bond acceptors (Lipinski definition) is 2. The molecule has 128 valence electrons. The van der Waals surface area contributed by atoms with Gasteiger partial charge < -0.3 is 4.74 Å². The molecule has 0 aromatic rings. The predicted molar refractivity (Wildman–Crippen MR) is 93.6 cm³/mol. The lowest BCUT2D eigenvalue weighted by molar-refractivity contribution is -0.141. The van der Waals surface area contributed by atoms with Crippen molar-refractivity contribution < 1.29 is 9.53 Å². The Morgan fingerprint density at radius 1 is 1.36 bits per heavy atom. The molecule has 1 fully saturated rings. The fourth-order valence-corrected chi connectivity index (χ4v) is 3.72. The summed E-state index contributed by atoms with van der Waals surface area (Å²) in [5.74, 6) is 3.01. The molecule has 1 aliphatic carbocycles. The Hall–Kier alpha value is -0.790. The number of allylic oxidation sites excluding steroid dienone is 2. The van der Waals surface area contributed by atoms with Gasteiger partial charge in [-0.1, -0.05) is 53.2 Å². The maximum atomic E-state index is 11.4. The van der Waals surface area contributed by atoms with Gasteiger partial charge in [-0.25, -0.2) is 0 Å². The third kappa shape index (κ3) is 5.78. The Kier molecular flexibility index (Phi) is 7.65. The average Bonchev–Trinajstić information content (AvgIpc) is 2.50. The van der Waals surface area contributed by atoms with Crippen molar-refractivity contribution in [2.75, 3.05) is 7.11 Å². The van der Waals surface area contributed by atoms with Gasteiger partial charge in [-0.15, -0.1) is 0 Å². The summed E-state index contributed by atoms with van der Waals surface area (Å²) in [6.07, 6.45) is 11.4. The summed E-state index contributed by atoms with van der Waals surface area (Å²) in [5, 5.41) is 0. The van der Waals surface area contributed by atoms with Crippen molar-refractivity contribution in [1.29, 1.82) is 0 Å². The van der Waals surface area contributed by atoms with Crippen molar-refractivity contribution in [1.82, 2.24) is 0 Å². The minimum absolute atomic E-state index is 0.0978. The molecule has 22 heavy (non-hydrogen) atoms. The fourth-order valence-electron chi connectivity index (χ4n) is 3.72. The first-order valence-corrected chi connectivity index (χ1v) is 9.07. The Bertz CT molecular complexity index is 372. The third-order valence-corrected chi connectivity index (χ3v) is 5.75. The van der Waals surface area contributed by atoms with Crippen LogP contribution in [0.1, 0.15) is 73.1 Å².